The Morgan fingerprint density at radius 1 is 1.23 bits per heavy atom. The highest BCUT2D eigenvalue weighted by molar-refractivity contribution is 5.36. The summed E-state index contributed by atoms with van der Waals surface area (Å²) < 4.78 is 5.95. The Hall–Kier alpha value is -0.900. The highest BCUT2D eigenvalue weighted by Crippen LogP contribution is 2.60. The van der Waals surface area contributed by atoms with Crippen LogP contribution >= 0.6 is 0 Å². The number of rotatable bonds is 7. The van der Waals surface area contributed by atoms with Crippen LogP contribution in [0, 0.1) is 23.2 Å². The Balaban J connectivity index is 1.75. The number of hydrogen-bond donors (Lipinski definition) is 2. The molecule has 0 spiro atoms. The SMILES string of the molecule is C=C1CC[C@H](O)C/C1=C\C=C1/CCC[C@]2(C)[C@@H]([C@H](C)[C@@H](CCC(C)(C)O)OC)CC[C@@H]12. The number of aliphatic hydroxyl groups is 2. The van der Waals surface area contributed by atoms with Gasteiger partial charge in [-0.2, -0.15) is 0 Å². The number of allylic oxidation sites excluding steroid dienone is 4. The van der Waals surface area contributed by atoms with Crippen LogP contribution in [0.3, 0.4) is 0 Å². The van der Waals surface area contributed by atoms with Gasteiger partial charge in [0.05, 0.1) is 17.8 Å². The van der Waals surface area contributed by atoms with E-state index in [1.165, 1.54) is 43.3 Å². The molecule has 0 aromatic rings. The van der Waals surface area contributed by atoms with Crippen molar-refractivity contribution < 1.29 is 14.9 Å². The molecule has 176 valence electrons. The van der Waals surface area contributed by atoms with E-state index < -0.39 is 5.60 Å². The molecular formula is C28H46O3. The summed E-state index contributed by atoms with van der Waals surface area (Å²) in [6.07, 6.45) is 15.2. The smallest absolute Gasteiger partial charge is 0.0600 e. The summed E-state index contributed by atoms with van der Waals surface area (Å²) in [6, 6.07) is 0. The molecule has 3 aliphatic rings. The number of hydrogen-bond acceptors (Lipinski definition) is 3. The lowest BCUT2D eigenvalue weighted by molar-refractivity contribution is -0.0247. The zero-order valence-electron chi connectivity index (χ0n) is 20.6. The lowest BCUT2D eigenvalue weighted by Gasteiger charge is -2.45. The minimum absolute atomic E-state index is 0.204. The second-order valence-electron chi connectivity index (χ2n) is 11.5. The van der Waals surface area contributed by atoms with Gasteiger partial charge in [0.1, 0.15) is 0 Å². The van der Waals surface area contributed by atoms with Crippen LogP contribution in [0.2, 0.25) is 0 Å². The van der Waals surface area contributed by atoms with Gasteiger partial charge in [-0.15, -0.1) is 0 Å². The first-order chi connectivity index (χ1) is 14.5. The van der Waals surface area contributed by atoms with Gasteiger partial charge >= 0.3 is 0 Å². The van der Waals surface area contributed by atoms with Crippen LogP contribution in [-0.4, -0.2) is 35.1 Å². The molecule has 0 saturated heterocycles. The van der Waals surface area contributed by atoms with Crippen molar-refractivity contribution in [3.63, 3.8) is 0 Å². The maximum absolute atomic E-state index is 10.2. The molecule has 0 radical (unpaired) electrons. The van der Waals surface area contributed by atoms with Crippen LogP contribution in [0.5, 0.6) is 0 Å². The van der Waals surface area contributed by atoms with Gasteiger partial charge in [-0.1, -0.05) is 43.7 Å². The maximum Gasteiger partial charge on any atom is 0.0600 e. The van der Waals surface area contributed by atoms with Gasteiger partial charge in [0, 0.05) is 7.11 Å². The Kier molecular flexibility index (Phi) is 7.92. The quantitative estimate of drug-likeness (QED) is 0.494. The third-order valence-electron chi connectivity index (χ3n) is 8.79. The largest absolute Gasteiger partial charge is 0.393 e. The molecule has 3 rings (SSSR count). The van der Waals surface area contributed by atoms with Gasteiger partial charge in [0.2, 0.25) is 0 Å². The first-order valence-corrected chi connectivity index (χ1v) is 12.6. The lowest BCUT2D eigenvalue weighted by atomic mass is 9.60. The van der Waals surface area contributed by atoms with Gasteiger partial charge in [-0.25, -0.2) is 0 Å². The Labute approximate surface area is 190 Å². The van der Waals surface area contributed by atoms with E-state index in [1.807, 2.05) is 21.0 Å². The second kappa shape index (κ2) is 9.93. The molecule has 0 heterocycles. The molecule has 0 bridgehead atoms. The standard InChI is InChI=1S/C28H46O3/c1-19-9-12-23(29)18-22(19)11-10-21-8-7-16-28(5)24(13-14-25(21)28)20(2)26(31-6)15-17-27(3,4)30/h10-11,20,23-26,29-30H,1,7-9,12-18H2,2-6H3/b21-10+,22-11+/t20-,23-,24+,25-,26+,28+/m0/s1. The molecule has 0 aromatic carbocycles. The fraction of sp³-hybridized carbons (Fsp3) is 0.786. The molecule has 0 aliphatic heterocycles. The van der Waals surface area contributed by atoms with E-state index in [0.717, 1.165) is 32.1 Å². The molecule has 3 aliphatic carbocycles. The minimum Gasteiger partial charge on any atom is -0.393 e. The summed E-state index contributed by atoms with van der Waals surface area (Å²) in [5.74, 6) is 1.81. The summed E-state index contributed by atoms with van der Waals surface area (Å²) in [6.45, 7) is 12.9. The van der Waals surface area contributed by atoms with E-state index in [1.54, 1.807) is 5.57 Å². The van der Waals surface area contributed by atoms with Gasteiger partial charge in [0.25, 0.3) is 0 Å². The number of fused-ring (bicyclic) bond motifs is 1. The van der Waals surface area contributed by atoms with E-state index in [4.69, 9.17) is 4.74 Å². The molecule has 0 unspecified atom stereocenters. The van der Waals surface area contributed by atoms with Crippen LogP contribution in [-0.2, 0) is 4.74 Å². The average Bonchev–Trinajstić information content (AvgIpc) is 3.05. The van der Waals surface area contributed by atoms with Crippen molar-refractivity contribution in [1.29, 1.82) is 0 Å². The highest BCUT2D eigenvalue weighted by Gasteiger charge is 2.51. The first-order valence-electron chi connectivity index (χ1n) is 12.6. The molecule has 3 fully saturated rings. The number of ether oxygens (including phenoxy) is 1. The maximum atomic E-state index is 10.2. The van der Waals surface area contributed by atoms with Gasteiger partial charge < -0.3 is 14.9 Å². The average molecular weight is 431 g/mol. The van der Waals surface area contributed by atoms with Crippen LogP contribution in [0.25, 0.3) is 0 Å². The third kappa shape index (κ3) is 5.72. The van der Waals surface area contributed by atoms with E-state index in [2.05, 4.69) is 32.6 Å². The van der Waals surface area contributed by atoms with Crippen molar-refractivity contribution in [3.05, 3.63) is 35.5 Å². The van der Waals surface area contributed by atoms with Crippen molar-refractivity contribution >= 4 is 0 Å². The Morgan fingerprint density at radius 2 is 1.97 bits per heavy atom. The molecule has 6 atom stereocenters. The summed E-state index contributed by atoms with van der Waals surface area (Å²) in [4.78, 5) is 0. The molecule has 3 saturated carbocycles. The molecular weight excluding hydrogens is 384 g/mol. The molecule has 2 N–H and O–H groups in total. The summed E-state index contributed by atoms with van der Waals surface area (Å²) in [7, 11) is 1.84. The molecule has 0 amide bonds. The fourth-order valence-corrected chi connectivity index (χ4v) is 6.89. The zero-order valence-corrected chi connectivity index (χ0v) is 20.6. The zero-order chi connectivity index (χ0) is 22.8. The highest BCUT2D eigenvalue weighted by atomic mass is 16.5. The molecule has 3 nitrogen and oxygen atoms in total. The van der Waals surface area contributed by atoms with E-state index in [9.17, 15) is 10.2 Å². The monoisotopic (exact) mass is 430 g/mol. The number of aliphatic hydroxyl groups excluding tert-OH is 1. The second-order valence-corrected chi connectivity index (χ2v) is 11.5. The van der Waals surface area contributed by atoms with Gasteiger partial charge in [-0.05, 0) is 107 Å². The van der Waals surface area contributed by atoms with Crippen LogP contribution in [0.15, 0.2) is 35.5 Å². The van der Waals surface area contributed by atoms with E-state index in [0.29, 0.717) is 23.2 Å². The third-order valence-corrected chi connectivity index (χ3v) is 8.79. The van der Waals surface area contributed by atoms with Crippen LogP contribution in [0.4, 0.5) is 0 Å². The fourth-order valence-electron chi connectivity index (χ4n) is 6.89. The van der Waals surface area contributed by atoms with Crippen molar-refractivity contribution in [2.75, 3.05) is 7.11 Å². The summed E-state index contributed by atoms with van der Waals surface area (Å²) in [5.41, 5.74) is 3.75. The number of methoxy groups -OCH3 is 1. The van der Waals surface area contributed by atoms with Crippen molar-refractivity contribution in [2.24, 2.45) is 23.2 Å². The van der Waals surface area contributed by atoms with Gasteiger partial charge in [0.15, 0.2) is 0 Å². The van der Waals surface area contributed by atoms with Crippen molar-refractivity contribution in [1.82, 2.24) is 0 Å². The lowest BCUT2D eigenvalue weighted by Crippen LogP contribution is -2.40. The minimum atomic E-state index is -0.635. The van der Waals surface area contributed by atoms with Crippen molar-refractivity contribution in [2.45, 2.75) is 110 Å². The van der Waals surface area contributed by atoms with Crippen LogP contribution in [0.1, 0.15) is 91.9 Å². The molecule has 3 heteroatoms. The predicted molar refractivity (Wildman–Crippen MR) is 129 cm³/mol. The normalized spacial score (nSPS) is 36.6. The molecule has 31 heavy (non-hydrogen) atoms. The summed E-state index contributed by atoms with van der Waals surface area (Å²) >= 11 is 0. The summed E-state index contributed by atoms with van der Waals surface area (Å²) in [5, 5.41) is 20.3. The molecule has 0 aromatic heterocycles. The topological polar surface area (TPSA) is 49.7 Å². The van der Waals surface area contributed by atoms with Crippen molar-refractivity contribution in [3.8, 4) is 0 Å². The Bertz CT molecular complexity index is 698. The van der Waals surface area contributed by atoms with Crippen LogP contribution < -0.4 is 0 Å². The first kappa shape index (κ1) is 24.7. The Morgan fingerprint density at radius 3 is 2.65 bits per heavy atom. The predicted octanol–water partition coefficient (Wildman–Crippen LogP) is 6.36. The van der Waals surface area contributed by atoms with Gasteiger partial charge in [-0.3, -0.25) is 0 Å². The van der Waals surface area contributed by atoms with E-state index in [-0.39, 0.29) is 12.2 Å². The van der Waals surface area contributed by atoms with E-state index >= 15 is 0 Å².